The molecule has 160 valence electrons. The van der Waals surface area contributed by atoms with Crippen LogP contribution in [0.5, 0.6) is 0 Å². The predicted molar refractivity (Wildman–Crippen MR) is 128 cm³/mol. The molecule has 32 heavy (non-hydrogen) atoms. The molecule has 4 nitrogen and oxygen atoms in total. The fourth-order valence-electron chi connectivity index (χ4n) is 4.27. The van der Waals surface area contributed by atoms with E-state index in [-0.39, 0.29) is 17.1 Å². The topological polar surface area (TPSA) is 50.5 Å². The molecule has 2 heterocycles. The Morgan fingerprint density at radius 1 is 0.875 bits per heavy atom. The summed E-state index contributed by atoms with van der Waals surface area (Å²) >= 11 is 12.5. The molecule has 1 amide bonds. The van der Waals surface area contributed by atoms with Crippen LogP contribution in [0.1, 0.15) is 44.4 Å². The van der Waals surface area contributed by atoms with Crippen molar-refractivity contribution in [2.75, 3.05) is 4.90 Å². The zero-order valence-electron chi connectivity index (χ0n) is 17.7. The van der Waals surface area contributed by atoms with Crippen LogP contribution in [0.15, 0.2) is 63.8 Å². The van der Waals surface area contributed by atoms with E-state index in [1.54, 1.807) is 23.1 Å². The molecule has 0 N–H and O–H groups in total. The first-order valence-corrected chi connectivity index (χ1v) is 10.9. The number of hydrogen-bond acceptors (Lipinski definition) is 3. The summed E-state index contributed by atoms with van der Waals surface area (Å²) in [6.45, 7) is 5.85. The Hall–Kier alpha value is -3.08. The van der Waals surface area contributed by atoms with Gasteiger partial charge in [0.05, 0.1) is 27.0 Å². The third kappa shape index (κ3) is 3.14. The zero-order valence-corrected chi connectivity index (χ0v) is 19.2. The van der Waals surface area contributed by atoms with Crippen molar-refractivity contribution in [3.05, 3.63) is 108 Å². The lowest BCUT2D eigenvalue weighted by atomic mass is 9.97. The SMILES string of the molecule is Cc1cccc(N2C(=O)c3oc4cc(C)c(C)cc4c(=O)c3C2c2ccc(Cl)c(Cl)c2)c1. The van der Waals surface area contributed by atoms with Crippen LogP contribution in [0.2, 0.25) is 10.0 Å². The largest absolute Gasteiger partial charge is 0.450 e. The average molecular weight is 464 g/mol. The summed E-state index contributed by atoms with van der Waals surface area (Å²) in [4.78, 5) is 28.9. The number of halogens is 2. The molecule has 0 saturated heterocycles. The molecule has 0 fully saturated rings. The number of hydrogen-bond donors (Lipinski definition) is 0. The molecule has 0 bridgehead atoms. The lowest BCUT2D eigenvalue weighted by Crippen LogP contribution is -2.29. The minimum Gasteiger partial charge on any atom is -0.450 e. The Morgan fingerprint density at radius 2 is 1.62 bits per heavy atom. The maximum Gasteiger partial charge on any atom is 0.295 e. The van der Waals surface area contributed by atoms with E-state index in [0.717, 1.165) is 16.7 Å². The van der Waals surface area contributed by atoms with Crippen LogP contribution < -0.4 is 10.3 Å². The van der Waals surface area contributed by atoms with Crippen molar-refractivity contribution in [1.82, 2.24) is 0 Å². The lowest BCUT2D eigenvalue weighted by molar-refractivity contribution is 0.0971. The number of aryl methyl sites for hydroxylation is 3. The van der Waals surface area contributed by atoms with Crippen molar-refractivity contribution >= 4 is 45.8 Å². The predicted octanol–water partition coefficient (Wildman–Crippen LogP) is 6.77. The highest BCUT2D eigenvalue weighted by molar-refractivity contribution is 6.42. The number of nitrogens with zero attached hydrogens (tertiary/aromatic N) is 1. The van der Waals surface area contributed by atoms with Crippen LogP contribution in [-0.2, 0) is 0 Å². The summed E-state index contributed by atoms with van der Waals surface area (Å²) in [7, 11) is 0. The monoisotopic (exact) mass is 463 g/mol. The fraction of sp³-hybridized carbons (Fsp3) is 0.154. The van der Waals surface area contributed by atoms with Crippen LogP contribution in [0.25, 0.3) is 11.0 Å². The summed E-state index contributed by atoms with van der Waals surface area (Å²) < 4.78 is 6.07. The van der Waals surface area contributed by atoms with E-state index in [1.165, 1.54) is 0 Å². The normalized spacial score (nSPS) is 15.5. The number of carbonyl (C=O) groups excluding carboxylic acids is 1. The third-order valence-electron chi connectivity index (χ3n) is 6.03. The van der Waals surface area contributed by atoms with Gasteiger partial charge in [0.15, 0.2) is 5.43 Å². The van der Waals surface area contributed by atoms with Gasteiger partial charge in [-0.25, -0.2) is 0 Å². The molecule has 1 aliphatic heterocycles. The van der Waals surface area contributed by atoms with Crippen molar-refractivity contribution in [2.24, 2.45) is 0 Å². The number of carbonyl (C=O) groups is 1. The van der Waals surface area contributed by atoms with Gasteiger partial charge in [-0.05, 0) is 79.4 Å². The quantitative estimate of drug-likeness (QED) is 0.329. The van der Waals surface area contributed by atoms with Gasteiger partial charge in [0.1, 0.15) is 5.58 Å². The molecule has 0 aliphatic carbocycles. The van der Waals surface area contributed by atoms with E-state index in [2.05, 4.69) is 0 Å². The standard InChI is InChI=1S/C26H19Cl2NO3/c1-13-5-4-6-17(9-13)29-23(16-7-8-19(27)20(28)12-16)22-24(30)18-10-14(2)15(3)11-21(18)32-25(22)26(29)31/h4-12,23H,1-3H3. The van der Waals surface area contributed by atoms with Crippen LogP contribution in [-0.4, -0.2) is 5.91 Å². The Kier molecular flexibility index (Phi) is 4.88. The van der Waals surface area contributed by atoms with Crippen molar-refractivity contribution in [3.63, 3.8) is 0 Å². The molecule has 1 atom stereocenters. The Balaban J connectivity index is 1.84. The third-order valence-corrected chi connectivity index (χ3v) is 6.76. The molecule has 5 rings (SSSR count). The van der Waals surface area contributed by atoms with Gasteiger partial charge in [0.2, 0.25) is 5.76 Å². The summed E-state index contributed by atoms with van der Waals surface area (Å²) in [5.41, 5.74) is 4.82. The van der Waals surface area contributed by atoms with E-state index >= 15 is 0 Å². The molecule has 0 radical (unpaired) electrons. The van der Waals surface area contributed by atoms with Crippen molar-refractivity contribution in [3.8, 4) is 0 Å². The number of amides is 1. The van der Waals surface area contributed by atoms with E-state index < -0.39 is 6.04 Å². The summed E-state index contributed by atoms with van der Waals surface area (Å²) in [5, 5.41) is 1.21. The second kappa shape index (κ2) is 7.51. The second-order valence-corrected chi connectivity index (χ2v) is 9.01. The van der Waals surface area contributed by atoms with Gasteiger partial charge in [-0.3, -0.25) is 14.5 Å². The van der Waals surface area contributed by atoms with Gasteiger partial charge >= 0.3 is 0 Å². The van der Waals surface area contributed by atoms with Crippen molar-refractivity contribution in [1.29, 1.82) is 0 Å². The van der Waals surface area contributed by atoms with Crippen LogP contribution in [0.3, 0.4) is 0 Å². The Bertz CT molecular complexity index is 1490. The van der Waals surface area contributed by atoms with Crippen molar-refractivity contribution < 1.29 is 9.21 Å². The van der Waals surface area contributed by atoms with E-state index in [9.17, 15) is 9.59 Å². The summed E-state index contributed by atoms with van der Waals surface area (Å²) in [5.74, 6) is -0.303. The highest BCUT2D eigenvalue weighted by Crippen LogP contribution is 2.42. The van der Waals surface area contributed by atoms with Gasteiger partial charge in [-0.1, -0.05) is 41.4 Å². The molecular formula is C26H19Cl2NO3. The number of anilines is 1. The van der Waals surface area contributed by atoms with Gasteiger partial charge in [-0.15, -0.1) is 0 Å². The molecule has 1 aliphatic rings. The number of fused-ring (bicyclic) bond motifs is 2. The summed E-state index contributed by atoms with van der Waals surface area (Å²) in [6, 6.07) is 15.7. The molecule has 4 aromatic rings. The first-order chi connectivity index (χ1) is 15.3. The van der Waals surface area contributed by atoms with Gasteiger partial charge < -0.3 is 4.42 Å². The number of benzene rings is 3. The van der Waals surface area contributed by atoms with Gasteiger partial charge in [-0.2, -0.15) is 0 Å². The maximum atomic E-state index is 13.7. The van der Waals surface area contributed by atoms with Gasteiger partial charge in [0.25, 0.3) is 5.91 Å². The Labute approximate surface area is 195 Å². The van der Waals surface area contributed by atoms with E-state index in [0.29, 0.717) is 37.8 Å². The lowest BCUT2D eigenvalue weighted by Gasteiger charge is -2.25. The van der Waals surface area contributed by atoms with Gasteiger partial charge in [0, 0.05) is 5.69 Å². The van der Waals surface area contributed by atoms with E-state index in [4.69, 9.17) is 27.6 Å². The molecule has 0 spiro atoms. The Morgan fingerprint density at radius 3 is 2.34 bits per heavy atom. The molecule has 1 aromatic heterocycles. The zero-order chi connectivity index (χ0) is 22.7. The first kappa shape index (κ1) is 20.8. The van der Waals surface area contributed by atoms with Crippen LogP contribution in [0, 0.1) is 20.8 Å². The highest BCUT2D eigenvalue weighted by Gasteiger charge is 2.43. The van der Waals surface area contributed by atoms with Crippen LogP contribution >= 0.6 is 23.2 Å². The second-order valence-electron chi connectivity index (χ2n) is 8.20. The molecule has 6 heteroatoms. The highest BCUT2D eigenvalue weighted by atomic mass is 35.5. The van der Waals surface area contributed by atoms with Crippen molar-refractivity contribution in [2.45, 2.75) is 26.8 Å². The minimum absolute atomic E-state index is 0.0586. The van der Waals surface area contributed by atoms with Crippen LogP contribution in [0.4, 0.5) is 5.69 Å². The number of rotatable bonds is 2. The summed E-state index contributed by atoms with van der Waals surface area (Å²) in [6.07, 6.45) is 0. The molecule has 3 aromatic carbocycles. The first-order valence-electron chi connectivity index (χ1n) is 10.2. The molecule has 0 saturated carbocycles. The minimum atomic E-state index is -0.684. The molecular weight excluding hydrogens is 445 g/mol. The molecule has 1 unspecified atom stereocenters. The fourth-order valence-corrected chi connectivity index (χ4v) is 4.58. The maximum absolute atomic E-state index is 13.7. The smallest absolute Gasteiger partial charge is 0.295 e. The average Bonchev–Trinajstić information content (AvgIpc) is 3.04. The van der Waals surface area contributed by atoms with E-state index in [1.807, 2.05) is 57.2 Å².